The van der Waals surface area contributed by atoms with Crippen LogP contribution in [0.25, 0.3) is 21.5 Å². The maximum absolute atomic E-state index is 5.99. The number of nitrogen functional groups attached to an aromatic ring is 1. The summed E-state index contributed by atoms with van der Waals surface area (Å²) in [4.78, 5) is 10.3. The summed E-state index contributed by atoms with van der Waals surface area (Å²) >= 11 is 1.48. The quantitative estimate of drug-likeness (QED) is 0.534. The molecule has 0 unspecified atom stereocenters. The van der Waals surface area contributed by atoms with Crippen LogP contribution in [-0.4, -0.2) is 9.97 Å². The van der Waals surface area contributed by atoms with Gasteiger partial charge in [0.2, 0.25) is 0 Å². The lowest BCUT2D eigenvalue weighted by Gasteiger charge is -2.04. The monoisotopic (exact) mass is 251 g/mol. The van der Waals surface area contributed by atoms with Crippen molar-refractivity contribution < 1.29 is 0 Å². The van der Waals surface area contributed by atoms with Gasteiger partial charge in [-0.25, -0.2) is 9.97 Å². The summed E-state index contributed by atoms with van der Waals surface area (Å²) in [6.45, 7) is 0. The van der Waals surface area contributed by atoms with Crippen molar-refractivity contribution in [1.82, 2.24) is 9.97 Å². The van der Waals surface area contributed by atoms with E-state index in [1.165, 1.54) is 11.3 Å². The van der Waals surface area contributed by atoms with Gasteiger partial charge in [0.05, 0.1) is 10.6 Å². The fourth-order valence-corrected chi connectivity index (χ4v) is 2.66. The summed E-state index contributed by atoms with van der Waals surface area (Å²) in [5.74, 6) is 2.63. The summed E-state index contributed by atoms with van der Waals surface area (Å²) in [5.41, 5.74) is 8.42. The molecule has 0 saturated heterocycles. The SMILES string of the molecule is C#Cc1cc2c(-c3ccccc3N)ncnc2s1. The molecular formula is C14H9N3S. The fourth-order valence-electron chi connectivity index (χ4n) is 1.85. The summed E-state index contributed by atoms with van der Waals surface area (Å²) in [6, 6.07) is 9.58. The minimum Gasteiger partial charge on any atom is -0.398 e. The van der Waals surface area contributed by atoms with E-state index in [1.54, 1.807) is 6.33 Å². The first-order valence-electron chi connectivity index (χ1n) is 5.35. The average molecular weight is 251 g/mol. The second-order valence-corrected chi connectivity index (χ2v) is 4.81. The molecule has 0 aliphatic heterocycles. The molecule has 0 bridgehead atoms. The van der Waals surface area contributed by atoms with Crippen LogP contribution >= 0.6 is 11.3 Å². The van der Waals surface area contributed by atoms with Crippen LogP contribution in [0.2, 0.25) is 0 Å². The topological polar surface area (TPSA) is 51.8 Å². The van der Waals surface area contributed by atoms with E-state index in [9.17, 15) is 0 Å². The highest BCUT2D eigenvalue weighted by molar-refractivity contribution is 7.19. The number of hydrogen-bond donors (Lipinski definition) is 1. The number of thiophene rings is 1. The highest BCUT2D eigenvalue weighted by Crippen LogP contribution is 2.33. The first-order chi connectivity index (χ1) is 8.79. The number of benzene rings is 1. The van der Waals surface area contributed by atoms with E-state index < -0.39 is 0 Å². The predicted molar refractivity (Wildman–Crippen MR) is 75.2 cm³/mol. The van der Waals surface area contributed by atoms with Crippen molar-refractivity contribution in [2.75, 3.05) is 5.73 Å². The number of fused-ring (bicyclic) bond motifs is 1. The van der Waals surface area contributed by atoms with Gasteiger partial charge >= 0.3 is 0 Å². The van der Waals surface area contributed by atoms with Gasteiger partial charge < -0.3 is 5.73 Å². The zero-order valence-corrected chi connectivity index (χ0v) is 10.2. The van der Waals surface area contributed by atoms with Crippen LogP contribution in [0.1, 0.15) is 4.88 Å². The number of nitrogens with two attached hydrogens (primary N) is 1. The Morgan fingerprint density at radius 1 is 1.22 bits per heavy atom. The lowest BCUT2D eigenvalue weighted by Crippen LogP contribution is -1.92. The van der Waals surface area contributed by atoms with Crippen molar-refractivity contribution in [3.63, 3.8) is 0 Å². The number of rotatable bonds is 1. The molecular weight excluding hydrogens is 242 g/mol. The largest absolute Gasteiger partial charge is 0.398 e. The molecule has 0 amide bonds. The van der Waals surface area contributed by atoms with Gasteiger partial charge in [0, 0.05) is 16.6 Å². The zero-order chi connectivity index (χ0) is 12.5. The summed E-state index contributed by atoms with van der Waals surface area (Å²) in [6.07, 6.45) is 6.96. The summed E-state index contributed by atoms with van der Waals surface area (Å²) < 4.78 is 0. The molecule has 2 heterocycles. The Balaban J connectivity index is 2.33. The maximum Gasteiger partial charge on any atom is 0.128 e. The van der Waals surface area contributed by atoms with Crippen molar-refractivity contribution in [2.45, 2.75) is 0 Å². The molecule has 86 valence electrons. The molecule has 2 N–H and O–H groups in total. The van der Waals surface area contributed by atoms with Crippen LogP contribution in [0.3, 0.4) is 0 Å². The standard InChI is InChI=1S/C14H9N3S/c1-2-9-7-11-13(16-8-17-14(11)18-9)10-5-3-4-6-12(10)15/h1,3-8H,15H2. The summed E-state index contributed by atoms with van der Waals surface area (Å²) in [7, 11) is 0. The Labute approximate surface area is 108 Å². The molecule has 0 radical (unpaired) electrons. The van der Waals surface area contributed by atoms with Gasteiger partial charge in [-0.05, 0) is 12.1 Å². The molecule has 1 aromatic carbocycles. The van der Waals surface area contributed by atoms with Gasteiger partial charge in [0.25, 0.3) is 0 Å². The molecule has 0 fully saturated rings. The fraction of sp³-hybridized carbons (Fsp3) is 0. The number of aromatic nitrogens is 2. The average Bonchev–Trinajstić information content (AvgIpc) is 2.82. The Hall–Kier alpha value is -2.38. The van der Waals surface area contributed by atoms with Crippen LogP contribution in [0.15, 0.2) is 36.7 Å². The van der Waals surface area contributed by atoms with E-state index in [2.05, 4.69) is 15.9 Å². The lowest BCUT2D eigenvalue weighted by molar-refractivity contribution is 1.24. The molecule has 18 heavy (non-hydrogen) atoms. The number of terminal acetylenes is 1. The molecule has 0 atom stereocenters. The first kappa shape index (κ1) is 10.8. The minimum absolute atomic E-state index is 0.700. The van der Waals surface area contributed by atoms with Crippen LogP contribution in [0.5, 0.6) is 0 Å². The van der Waals surface area contributed by atoms with Crippen molar-refractivity contribution >= 4 is 27.2 Å². The molecule has 2 aromatic heterocycles. The third-order valence-corrected chi connectivity index (χ3v) is 3.66. The second kappa shape index (κ2) is 4.13. The van der Waals surface area contributed by atoms with Gasteiger partial charge in [-0.1, -0.05) is 24.1 Å². The predicted octanol–water partition coefficient (Wildman–Crippen LogP) is 2.92. The van der Waals surface area contributed by atoms with Crippen molar-refractivity contribution in [3.8, 4) is 23.6 Å². The minimum atomic E-state index is 0.700. The number of para-hydroxylation sites is 1. The van der Waals surface area contributed by atoms with Crippen molar-refractivity contribution in [1.29, 1.82) is 0 Å². The number of nitrogens with zero attached hydrogens (tertiary/aromatic N) is 2. The van der Waals surface area contributed by atoms with Crippen LogP contribution in [-0.2, 0) is 0 Å². The molecule has 3 aromatic rings. The second-order valence-electron chi connectivity index (χ2n) is 3.78. The van der Waals surface area contributed by atoms with E-state index in [1.807, 2.05) is 30.3 Å². The zero-order valence-electron chi connectivity index (χ0n) is 9.42. The molecule has 0 aliphatic rings. The highest BCUT2D eigenvalue weighted by atomic mass is 32.1. The van der Waals surface area contributed by atoms with E-state index in [-0.39, 0.29) is 0 Å². The number of hydrogen-bond acceptors (Lipinski definition) is 4. The normalized spacial score (nSPS) is 10.4. The molecule has 4 heteroatoms. The lowest BCUT2D eigenvalue weighted by atomic mass is 10.1. The molecule has 0 aliphatic carbocycles. The van der Waals surface area contributed by atoms with E-state index in [0.29, 0.717) is 5.69 Å². The Bertz CT molecular complexity index is 768. The Kier molecular flexibility index (Phi) is 2.47. The Morgan fingerprint density at radius 3 is 2.83 bits per heavy atom. The van der Waals surface area contributed by atoms with Crippen molar-refractivity contribution in [3.05, 3.63) is 41.5 Å². The smallest absolute Gasteiger partial charge is 0.128 e. The summed E-state index contributed by atoms with van der Waals surface area (Å²) in [5, 5.41) is 0.952. The maximum atomic E-state index is 5.99. The van der Waals surface area contributed by atoms with Gasteiger partial charge in [0.1, 0.15) is 11.2 Å². The van der Waals surface area contributed by atoms with Crippen LogP contribution in [0.4, 0.5) is 5.69 Å². The van der Waals surface area contributed by atoms with Gasteiger partial charge in [-0.2, -0.15) is 0 Å². The highest BCUT2D eigenvalue weighted by Gasteiger charge is 2.11. The number of anilines is 1. The molecule has 0 spiro atoms. The molecule has 3 nitrogen and oxygen atoms in total. The van der Waals surface area contributed by atoms with E-state index in [4.69, 9.17) is 12.2 Å². The van der Waals surface area contributed by atoms with Crippen LogP contribution in [0, 0.1) is 12.3 Å². The first-order valence-corrected chi connectivity index (χ1v) is 6.17. The van der Waals surface area contributed by atoms with Gasteiger partial charge in [0.15, 0.2) is 0 Å². The molecule has 0 saturated carbocycles. The Morgan fingerprint density at radius 2 is 2.06 bits per heavy atom. The van der Waals surface area contributed by atoms with Gasteiger partial charge in [-0.15, -0.1) is 17.8 Å². The van der Waals surface area contributed by atoms with E-state index >= 15 is 0 Å². The van der Waals surface area contributed by atoms with Crippen LogP contribution < -0.4 is 5.73 Å². The third-order valence-electron chi connectivity index (χ3n) is 2.69. The molecule has 3 rings (SSSR count). The van der Waals surface area contributed by atoms with E-state index in [0.717, 1.165) is 26.4 Å². The van der Waals surface area contributed by atoms with Gasteiger partial charge in [-0.3, -0.25) is 0 Å². The third kappa shape index (κ3) is 1.62. The van der Waals surface area contributed by atoms with Crippen molar-refractivity contribution in [2.24, 2.45) is 0 Å².